The zero-order chi connectivity index (χ0) is 22.8. The van der Waals surface area contributed by atoms with Crippen LogP contribution >= 0.6 is 0 Å². The summed E-state index contributed by atoms with van der Waals surface area (Å²) in [5.41, 5.74) is 6.03. The van der Waals surface area contributed by atoms with Gasteiger partial charge in [0.05, 0.1) is 5.69 Å². The molecule has 3 aliphatic carbocycles. The molecular weight excluding hydrogens is 407 g/mol. The first-order chi connectivity index (χ1) is 15.2. The standard InChI is InChI=1S/C25H33FN4O2/c1-24-11-10-16-14(6-9-20-25(16,2)13-18(26)23(32)30(20)3)15(24)7-8-17(24)22(31)29-21-19(27)5-4-12-28-21/h4-5,12-17,20H,6-11,27H2,1-3H3,(H,28,29,31)/t14-,15-,16+,17?,20?,24-,25+/m0/s1. The van der Waals surface area contributed by atoms with Crippen LogP contribution in [0.4, 0.5) is 15.9 Å². The largest absolute Gasteiger partial charge is 0.396 e. The number of carbonyl (C=O) groups excluding carboxylic acids is 2. The van der Waals surface area contributed by atoms with Gasteiger partial charge in [-0.2, -0.15) is 0 Å². The summed E-state index contributed by atoms with van der Waals surface area (Å²) in [6, 6.07) is 3.54. The number of nitrogens with two attached hydrogens (primary N) is 1. The van der Waals surface area contributed by atoms with E-state index in [0.717, 1.165) is 38.5 Å². The maximum Gasteiger partial charge on any atom is 0.282 e. The highest BCUT2D eigenvalue weighted by molar-refractivity contribution is 5.95. The topological polar surface area (TPSA) is 88.3 Å². The Labute approximate surface area is 188 Å². The molecule has 3 saturated carbocycles. The van der Waals surface area contributed by atoms with Crippen molar-refractivity contribution in [2.24, 2.45) is 34.5 Å². The summed E-state index contributed by atoms with van der Waals surface area (Å²) in [4.78, 5) is 31.4. The van der Waals surface area contributed by atoms with Gasteiger partial charge in [0.1, 0.15) is 0 Å². The Balaban J connectivity index is 1.40. The predicted molar refractivity (Wildman–Crippen MR) is 121 cm³/mol. The molecule has 0 spiro atoms. The number of rotatable bonds is 2. The first-order valence-corrected chi connectivity index (χ1v) is 11.8. The molecule has 7 atom stereocenters. The van der Waals surface area contributed by atoms with Crippen LogP contribution in [0, 0.1) is 34.5 Å². The van der Waals surface area contributed by atoms with Crippen LogP contribution in [0.5, 0.6) is 0 Å². The van der Waals surface area contributed by atoms with Gasteiger partial charge in [0, 0.05) is 30.6 Å². The summed E-state index contributed by atoms with van der Waals surface area (Å²) in [5.74, 6) is 0.454. The second kappa shape index (κ2) is 7.29. The van der Waals surface area contributed by atoms with E-state index in [9.17, 15) is 14.0 Å². The average Bonchev–Trinajstić information content (AvgIpc) is 3.11. The molecule has 2 heterocycles. The number of hydrogen-bond acceptors (Lipinski definition) is 4. The smallest absolute Gasteiger partial charge is 0.282 e. The second-order valence-corrected chi connectivity index (χ2v) is 10.8. The summed E-state index contributed by atoms with van der Waals surface area (Å²) in [6.07, 6.45) is 8.92. The van der Waals surface area contributed by atoms with E-state index >= 15 is 0 Å². The van der Waals surface area contributed by atoms with Crippen molar-refractivity contribution in [3.05, 3.63) is 30.2 Å². The third-order valence-electron chi connectivity index (χ3n) is 9.55. The maximum atomic E-state index is 14.6. The minimum atomic E-state index is -0.614. The third-order valence-corrected chi connectivity index (χ3v) is 9.55. The van der Waals surface area contributed by atoms with Crippen molar-refractivity contribution in [2.75, 3.05) is 18.1 Å². The van der Waals surface area contributed by atoms with Crippen LogP contribution in [-0.2, 0) is 9.59 Å². The predicted octanol–water partition coefficient (Wildman–Crippen LogP) is 4.16. The Hall–Kier alpha value is -2.44. The SMILES string of the molecule is CN1C(=O)C(F)=C[C@@]2(C)C1CC[C@@H]1[C@H]2CC[C@]2(C)C(C(=O)Nc3ncccc3N)CC[C@@H]12. The maximum absolute atomic E-state index is 14.6. The van der Waals surface area contributed by atoms with Gasteiger partial charge in [0.15, 0.2) is 11.6 Å². The van der Waals surface area contributed by atoms with Crippen LogP contribution < -0.4 is 11.1 Å². The molecular formula is C25H33FN4O2. The number of amides is 2. The number of aromatic nitrogens is 1. The molecule has 0 saturated heterocycles. The molecule has 3 fully saturated rings. The molecule has 7 heteroatoms. The van der Waals surface area contributed by atoms with Crippen LogP contribution in [0.15, 0.2) is 30.2 Å². The average molecular weight is 441 g/mol. The first kappa shape index (κ1) is 21.4. The minimum absolute atomic E-state index is 0.00712. The summed E-state index contributed by atoms with van der Waals surface area (Å²) in [5, 5.41) is 2.97. The van der Waals surface area contributed by atoms with Gasteiger partial charge in [-0.25, -0.2) is 9.37 Å². The number of carbonyl (C=O) groups is 2. The van der Waals surface area contributed by atoms with E-state index in [4.69, 9.17) is 5.73 Å². The number of nitrogens with zero attached hydrogens (tertiary/aromatic N) is 2. The van der Waals surface area contributed by atoms with Crippen LogP contribution in [0.3, 0.4) is 0 Å². The van der Waals surface area contributed by atoms with Crippen molar-refractivity contribution in [3.63, 3.8) is 0 Å². The van der Waals surface area contributed by atoms with Crippen LogP contribution in [0.25, 0.3) is 0 Å². The monoisotopic (exact) mass is 440 g/mol. The van der Waals surface area contributed by atoms with Gasteiger partial charge in [-0.1, -0.05) is 13.8 Å². The lowest BCUT2D eigenvalue weighted by atomic mass is 9.47. The quantitative estimate of drug-likeness (QED) is 0.723. The van der Waals surface area contributed by atoms with Gasteiger partial charge in [-0.15, -0.1) is 0 Å². The normalized spacial score (nSPS) is 40.8. The Morgan fingerprint density at radius 2 is 2.00 bits per heavy atom. The molecule has 1 aromatic heterocycles. The van der Waals surface area contributed by atoms with E-state index in [1.165, 1.54) is 0 Å². The molecule has 0 aromatic carbocycles. The Morgan fingerprint density at radius 1 is 1.22 bits per heavy atom. The number of nitrogen functional groups attached to an aromatic ring is 1. The van der Waals surface area contributed by atoms with Crippen molar-refractivity contribution in [2.45, 2.75) is 58.4 Å². The lowest BCUT2D eigenvalue weighted by Crippen LogP contribution is -2.60. The number of pyridine rings is 1. The molecule has 1 aromatic rings. The highest BCUT2D eigenvalue weighted by atomic mass is 19.1. The van der Waals surface area contributed by atoms with E-state index in [-0.39, 0.29) is 28.7 Å². The molecule has 0 bridgehead atoms. The molecule has 32 heavy (non-hydrogen) atoms. The lowest BCUT2D eigenvalue weighted by Gasteiger charge is -2.60. The fourth-order valence-corrected chi connectivity index (χ4v) is 7.99. The van der Waals surface area contributed by atoms with Gasteiger partial charge >= 0.3 is 0 Å². The molecule has 172 valence electrons. The fraction of sp³-hybridized carbons (Fsp3) is 0.640. The number of nitrogens with one attached hydrogen (secondary N) is 1. The molecule has 2 unspecified atom stereocenters. The van der Waals surface area contributed by atoms with Gasteiger partial charge in [0.2, 0.25) is 5.91 Å². The molecule has 2 amide bonds. The molecule has 0 radical (unpaired) electrons. The second-order valence-electron chi connectivity index (χ2n) is 10.8. The Morgan fingerprint density at radius 3 is 2.75 bits per heavy atom. The number of likely N-dealkylation sites (N-methyl/N-ethyl adjacent to an activating group) is 1. The Kier molecular flexibility index (Phi) is 4.88. The van der Waals surface area contributed by atoms with Crippen molar-refractivity contribution in [1.29, 1.82) is 0 Å². The number of fused-ring (bicyclic) bond motifs is 5. The zero-order valence-corrected chi connectivity index (χ0v) is 19.1. The van der Waals surface area contributed by atoms with Crippen molar-refractivity contribution in [3.8, 4) is 0 Å². The number of hydrogen-bond donors (Lipinski definition) is 2. The van der Waals surface area contributed by atoms with E-state index in [0.29, 0.717) is 29.3 Å². The first-order valence-electron chi connectivity index (χ1n) is 11.8. The van der Waals surface area contributed by atoms with Gasteiger partial charge in [0.25, 0.3) is 5.91 Å². The van der Waals surface area contributed by atoms with E-state index in [2.05, 4.69) is 24.1 Å². The number of anilines is 2. The Bertz CT molecular complexity index is 996. The minimum Gasteiger partial charge on any atom is -0.396 e. The lowest BCUT2D eigenvalue weighted by molar-refractivity contribution is -0.144. The van der Waals surface area contributed by atoms with E-state index < -0.39 is 11.7 Å². The van der Waals surface area contributed by atoms with Gasteiger partial charge in [-0.3, -0.25) is 9.59 Å². The van der Waals surface area contributed by atoms with E-state index in [1.807, 2.05) is 0 Å². The molecule has 6 nitrogen and oxygen atoms in total. The summed E-state index contributed by atoms with van der Waals surface area (Å²) in [6.45, 7) is 4.41. The highest BCUT2D eigenvalue weighted by Crippen LogP contribution is 2.65. The zero-order valence-electron chi connectivity index (χ0n) is 19.1. The molecule has 1 aliphatic heterocycles. The summed E-state index contributed by atoms with van der Waals surface area (Å²) < 4.78 is 14.6. The third kappa shape index (κ3) is 2.92. The summed E-state index contributed by atoms with van der Waals surface area (Å²) >= 11 is 0. The van der Waals surface area contributed by atoms with E-state index in [1.54, 1.807) is 36.4 Å². The van der Waals surface area contributed by atoms with Crippen LogP contribution in [0.1, 0.15) is 52.4 Å². The van der Waals surface area contributed by atoms with Crippen LogP contribution in [0.2, 0.25) is 0 Å². The van der Waals surface area contributed by atoms with Crippen molar-refractivity contribution < 1.29 is 14.0 Å². The van der Waals surface area contributed by atoms with Crippen LogP contribution in [-0.4, -0.2) is 34.8 Å². The summed E-state index contributed by atoms with van der Waals surface area (Å²) in [7, 11) is 1.74. The highest BCUT2D eigenvalue weighted by Gasteiger charge is 2.62. The van der Waals surface area contributed by atoms with Gasteiger partial charge < -0.3 is 16.0 Å². The fourth-order valence-electron chi connectivity index (χ4n) is 7.99. The number of halogens is 1. The molecule has 4 aliphatic rings. The van der Waals surface area contributed by atoms with Gasteiger partial charge in [-0.05, 0) is 79.9 Å². The van der Waals surface area contributed by atoms with Crippen molar-refractivity contribution in [1.82, 2.24) is 9.88 Å². The molecule has 3 N–H and O–H groups in total. The van der Waals surface area contributed by atoms with Crippen molar-refractivity contribution >= 4 is 23.3 Å². The molecule has 5 rings (SSSR count).